The molecule has 0 aromatic heterocycles. The summed E-state index contributed by atoms with van der Waals surface area (Å²) >= 11 is 6.40. The van der Waals surface area contributed by atoms with Crippen LogP contribution in [-0.4, -0.2) is 43.0 Å². The first-order valence-corrected chi connectivity index (χ1v) is 17.2. The maximum Gasteiger partial charge on any atom is 0.231 e. The molecule has 1 saturated carbocycles. The Bertz CT molecular complexity index is 1250. The molecule has 1 amide bonds. The fourth-order valence-corrected chi connectivity index (χ4v) is 7.36. The van der Waals surface area contributed by atoms with Crippen LogP contribution < -0.4 is 14.4 Å². The molecule has 2 bridgehead atoms. The van der Waals surface area contributed by atoms with Crippen molar-refractivity contribution in [1.29, 1.82) is 0 Å². The second kappa shape index (κ2) is 15.9. The molecule has 230 valence electrons. The van der Waals surface area contributed by atoms with E-state index in [1.54, 1.807) is 7.11 Å². The highest BCUT2D eigenvalue weighted by Crippen LogP contribution is 2.43. The number of rotatable bonds is 4. The number of anilines is 1. The number of nitrogens with one attached hydrogen (secondary N) is 1. The van der Waals surface area contributed by atoms with Gasteiger partial charge in [-0.05, 0) is 91.8 Å². The second-order valence-corrected chi connectivity index (χ2v) is 13.0. The Morgan fingerprint density at radius 2 is 1.95 bits per heavy atom. The minimum Gasteiger partial charge on any atom is -0.491 e. The first-order chi connectivity index (χ1) is 20.5. The average Bonchev–Trinajstić information content (AvgIpc) is 3.16. The first kappa shape index (κ1) is 32.6. The van der Waals surface area contributed by atoms with Crippen molar-refractivity contribution < 1.29 is 18.5 Å². The molecule has 5 unspecified atom stereocenters. The van der Waals surface area contributed by atoms with Gasteiger partial charge < -0.3 is 14.4 Å². The zero-order valence-electron chi connectivity index (χ0n) is 25.6. The molecule has 3 aliphatic rings. The molecule has 0 radical (unpaired) electrons. The summed E-state index contributed by atoms with van der Waals surface area (Å²) in [6.07, 6.45) is 11.8. The third-order valence-electron chi connectivity index (χ3n) is 8.61. The van der Waals surface area contributed by atoms with Crippen LogP contribution in [0.4, 0.5) is 5.69 Å². The zero-order chi connectivity index (χ0) is 30.1. The molecule has 2 aliphatic heterocycles. The van der Waals surface area contributed by atoms with E-state index in [1.165, 1.54) is 11.1 Å². The minimum atomic E-state index is -1.63. The number of carbonyl (C=O) groups excluding carboxylic acids is 1. The van der Waals surface area contributed by atoms with Crippen molar-refractivity contribution in [3.8, 4) is 5.75 Å². The SMILES string of the molecule is CC.CCCc1cc(Cl)ccc1C1COc2ccc3cc2N(C1)CC1CCC1C(OC)/C=C/CCCCC(=O)NS3=O. The number of amides is 1. The monoisotopic (exact) mass is 614 g/mol. The third-order valence-corrected chi connectivity index (χ3v) is 9.94. The fourth-order valence-electron chi connectivity index (χ4n) is 6.33. The van der Waals surface area contributed by atoms with Crippen molar-refractivity contribution in [2.75, 3.05) is 31.7 Å². The van der Waals surface area contributed by atoms with E-state index in [1.807, 2.05) is 38.1 Å². The van der Waals surface area contributed by atoms with E-state index >= 15 is 0 Å². The molecular formula is C34H47ClN2O4S. The molecule has 2 heterocycles. The van der Waals surface area contributed by atoms with Crippen molar-refractivity contribution >= 4 is 34.2 Å². The van der Waals surface area contributed by atoms with Crippen LogP contribution >= 0.6 is 11.6 Å². The standard InChI is InChI=1S/C32H41ClN2O4S.C2H6/c1-3-8-22-17-25(33)12-15-27(22)24-20-35-19-23-11-14-28(23)30(38-2)9-6-4-5-7-10-32(36)34-40(37)26-13-16-31(39-21-24)29(35)18-26;1-2/h6,9,12-13,15-18,23-24,28,30H,3-5,7-8,10-11,14,19-21H2,1-2H3,(H,34,36);1-2H3/b9-6+;. The Labute approximate surface area is 259 Å². The highest BCUT2D eigenvalue weighted by atomic mass is 35.5. The normalized spacial score (nSPS) is 27.0. The molecule has 0 saturated heterocycles. The summed E-state index contributed by atoms with van der Waals surface area (Å²) in [6, 6.07) is 11.9. The van der Waals surface area contributed by atoms with Crippen LogP contribution in [0.1, 0.15) is 82.8 Å². The second-order valence-electron chi connectivity index (χ2n) is 11.3. The first-order valence-electron chi connectivity index (χ1n) is 15.7. The molecule has 2 aromatic rings. The molecule has 5 rings (SSSR count). The number of aryl methyl sites for hydroxylation is 1. The van der Waals surface area contributed by atoms with Gasteiger partial charge >= 0.3 is 0 Å². The van der Waals surface area contributed by atoms with Crippen molar-refractivity contribution in [1.82, 2.24) is 4.72 Å². The van der Waals surface area contributed by atoms with Gasteiger partial charge in [-0.15, -0.1) is 0 Å². The van der Waals surface area contributed by atoms with Gasteiger partial charge in [0, 0.05) is 37.6 Å². The number of carbonyl (C=O) groups is 1. The Balaban J connectivity index is 0.00000198. The number of fused-ring (bicyclic) bond motifs is 2. The molecule has 0 spiro atoms. The topological polar surface area (TPSA) is 67.9 Å². The van der Waals surface area contributed by atoms with Gasteiger partial charge in [0.05, 0.1) is 23.3 Å². The molecule has 1 fully saturated rings. The lowest BCUT2D eigenvalue weighted by Crippen LogP contribution is -2.44. The lowest BCUT2D eigenvalue weighted by atomic mass is 9.70. The molecule has 1 N–H and O–H groups in total. The number of nitrogens with zero attached hydrogens (tertiary/aromatic N) is 1. The van der Waals surface area contributed by atoms with Gasteiger partial charge in [-0.1, -0.05) is 57.0 Å². The van der Waals surface area contributed by atoms with E-state index in [4.69, 9.17) is 21.1 Å². The molecule has 42 heavy (non-hydrogen) atoms. The fraction of sp³-hybridized carbons (Fsp3) is 0.559. The summed E-state index contributed by atoms with van der Waals surface area (Å²) in [7, 11) is 0.179. The summed E-state index contributed by atoms with van der Waals surface area (Å²) < 4.78 is 28.3. The molecule has 8 heteroatoms. The van der Waals surface area contributed by atoms with Crippen LogP contribution in [0.5, 0.6) is 5.75 Å². The van der Waals surface area contributed by atoms with E-state index in [0.717, 1.165) is 74.5 Å². The molecular weight excluding hydrogens is 568 g/mol. The average molecular weight is 615 g/mol. The van der Waals surface area contributed by atoms with Crippen LogP contribution in [0.2, 0.25) is 5.02 Å². The van der Waals surface area contributed by atoms with Crippen molar-refractivity contribution in [2.45, 2.75) is 89.1 Å². The zero-order valence-corrected chi connectivity index (χ0v) is 27.1. The quantitative estimate of drug-likeness (QED) is 0.359. The Hall–Kier alpha value is -2.35. The molecule has 1 aliphatic carbocycles. The number of halogens is 1. The minimum absolute atomic E-state index is 0.0856. The Morgan fingerprint density at radius 1 is 1.12 bits per heavy atom. The van der Waals surface area contributed by atoms with Gasteiger partial charge in [0.25, 0.3) is 0 Å². The predicted octanol–water partition coefficient (Wildman–Crippen LogP) is 7.61. The molecule has 2 aromatic carbocycles. The lowest BCUT2D eigenvalue weighted by Gasteiger charge is -2.43. The molecule has 5 atom stereocenters. The predicted molar refractivity (Wildman–Crippen MR) is 173 cm³/mol. The van der Waals surface area contributed by atoms with Gasteiger partial charge in [0.2, 0.25) is 5.91 Å². The van der Waals surface area contributed by atoms with Gasteiger partial charge in [0.1, 0.15) is 5.75 Å². The van der Waals surface area contributed by atoms with Crippen LogP contribution in [0.3, 0.4) is 0 Å². The number of methoxy groups -OCH3 is 1. The summed E-state index contributed by atoms with van der Waals surface area (Å²) in [4.78, 5) is 15.5. The van der Waals surface area contributed by atoms with Gasteiger partial charge in [-0.25, -0.2) is 4.21 Å². The number of hydrogen-bond acceptors (Lipinski definition) is 5. The third kappa shape index (κ3) is 7.97. The number of ether oxygens (including phenoxy) is 2. The Morgan fingerprint density at radius 3 is 2.69 bits per heavy atom. The van der Waals surface area contributed by atoms with E-state index in [9.17, 15) is 9.00 Å². The smallest absolute Gasteiger partial charge is 0.231 e. The van der Waals surface area contributed by atoms with E-state index in [0.29, 0.717) is 29.8 Å². The highest BCUT2D eigenvalue weighted by Gasteiger charge is 2.38. The van der Waals surface area contributed by atoms with E-state index in [-0.39, 0.29) is 17.9 Å². The van der Waals surface area contributed by atoms with Crippen molar-refractivity contribution in [2.24, 2.45) is 11.8 Å². The van der Waals surface area contributed by atoms with E-state index in [2.05, 4.69) is 40.8 Å². The summed E-state index contributed by atoms with van der Waals surface area (Å²) in [6.45, 7) is 8.39. The Kier molecular flexibility index (Phi) is 12.3. The maximum atomic E-state index is 13.2. The number of hydrogen-bond donors (Lipinski definition) is 1. The largest absolute Gasteiger partial charge is 0.491 e. The summed E-state index contributed by atoms with van der Waals surface area (Å²) in [5.74, 6) is 1.69. The maximum absolute atomic E-state index is 13.2. The summed E-state index contributed by atoms with van der Waals surface area (Å²) in [5, 5.41) is 0.760. The summed E-state index contributed by atoms with van der Waals surface area (Å²) in [5.41, 5.74) is 3.49. The van der Waals surface area contributed by atoms with Crippen molar-refractivity contribution in [3.05, 3.63) is 64.7 Å². The van der Waals surface area contributed by atoms with Crippen LogP contribution in [0.25, 0.3) is 0 Å². The van der Waals surface area contributed by atoms with Crippen molar-refractivity contribution in [3.63, 3.8) is 0 Å². The van der Waals surface area contributed by atoms with Crippen LogP contribution in [0, 0.1) is 11.8 Å². The van der Waals surface area contributed by atoms with Gasteiger partial charge in [-0.2, -0.15) is 0 Å². The van der Waals surface area contributed by atoms with Crippen LogP contribution in [-0.2, 0) is 26.9 Å². The lowest BCUT2D eigenvalue weighted by molar-refractivity contribution is -0.119. The van der Waals surface area contributed by atoms with Gasteiger partial charge in [-0.3, -0.25) is 9.52 Å². The molecule has 6 nitrogen and oxygen atoms in total. The highest BCUT2D eigenvalue weighted by molar-refractivity contribution is 7.83. The van der Waals surface area contributed by atoms with E-state index < -0.39 is 11.0 Å². The van der Waals surface area contributed by atoms with Gasteiger partial charge in [0.15, 0.2) is 11.0 Å². The number of allylic oxidation sites excluding steroid dienone is 1. The number of benzene rings is 2. The van der Waals surface area contributed by atoms with Crippen LogP contribution in [0.15, 0.2) is 53.4 Å².